The van der Waals surface area contributed by atoms with Crippen LogP contribution in [0.3, 0.4) is 0 Å². The van der Waals surface area contributed by atoms with Crippen molar-refractivity contribution in [1.82, 2.24) is 4.90 Å². The predicted octanol–water partition coefficient (Wildman–Crippen LogP) is 2.34. The highest BCUT2D eigenvalue weighted by molar-refractivity contribution is 9.10. The summed E-state index contributed by atoms with van der Waals surface area (Å²) >= 11 is 3.37. The number of nitrogens with zero attached hydrogens (tertiary/aromatic N) is 1. The second-order valence-corrected chi connectivity index (χ2v) is 4.28. The van der Waals surface area contributed by atoms with Crippen molar-refractivity contribution in [2.75, 3.05) is 13.6 Å². The molecule has 1 N–H and O–H groups in total. The van der Waals surface area contributed by atoms with Gasteiger partial charge in [0.15, 0.2) is 0 Å². The van der Waals surface area contributed by atoms with Gasteiger partial charge in [0.25, 0.3) is 0 Å². The molecule has 0 amide bonds. The van der Waals surface area contributed by atoms with Crippen LogP contribution >= 0.6 is 15.9 Å². The summed E-state index contributed by atoms with van der Waals surface area (Å²) in [5, 5.41) is 8.48. The standard InChI is InChI=1S/C10H14BrNO3/c1-12(5-2-3-10(13)14)7-9-8(11)4-6-15-9/h4,6H,2-3,5,7H2,1H3,(H,13,14). The van der Waals surface area contributed by atoms with E-state index in [-0.39, 0.29) is 6.42 Å². The molecule has 1 heterocycles. The molecule has 0 aliphatic rings. The number of aliphatic carboxylic acids is 1. The van der Waals surface area contributed by atoms with Gasteiger partial charge in [-0.15, -0.1) is 0 Å². The molecule has 0 aromatic carbocycles. The molecule has 15 heavy (non-hydrogen) atoms. The van der Waals surface area contributed by atoms with Gasteiger partial charge in [0.1, 0.15) is 5.76 Å². The van der Waals surface area contributed by atoms with Gasteiger partial charge in [0.05, 0.1) is 17.3 Å². The van der Waals surface area contributed by atoms with Gasteiger partial charge in [-0.25, -0.2) is 0 Å². The Labute approximate surface area is 97.0 Å². The minimum Gasteiger partial charge on any atom is -0.481 e. The molecule has 1 rings (SSSR count). The van der Waals surface area contributed by atoms with Gasteiger partial charge in [-0.1, -0.05) is 0 Å². The molecule has 84 valence electrons. The van der Waals surface area contributed by atoms with Gasteiger partial charge >= 0.3 is 5.97 Å². The topological polar surface area (TPSA) is 53.7 Å². The lowest BCUT2D eigenvalue weighted by Gasteiger charge is -2.14. The molecule has 1 aromatic rings. The van der Waals surface area contributed by atoms with Crippen molar-refractivity contribution in [3.8, 4) is 0 Å². The van der Waals surface area contributed by atoms with Gasteiger partial charge in [0.2, 0.25) is 0 Å². The Kier molecular flexibility index (Phi) is 4.84. The zero-order valence-electron chi connectivity index (χ0n) is 8.57. The first-order valence-electron chi connectivity index (χ1n) is 4.72. The fraction of sp³-hybridized carbons (Fsp3) is 0.500. The Morgan fingerprint density at radius 1 is 1.67 bits per heavy atom. The number of hydrogen-bond donors (Lipinski definition) is 1. The van der Waals surface area contributed by atoms with Crippen molar-refractivity contribution in [3.63, 3.8) is 0 Å². The van der Waals surface area contributed by atoms with Crippen LogP contribution in [-0.2, 0) is 11.3 Å². The van der Waals surface area contributed by atoms with E-state index in [0.717, 1.165) is 16.8 Å². The van der Waals surface area contributed by atoms with Crippen molar-refractivity contribution in [2.45, 2.75) is 19.4 Å². The van der Waals surface area contributed by atoms with Crippen molar-refractivity contribution in [3.05, 3.63) is 22.6 Å². The lowest BCUT2D eigenvalue weighted by molar-refractivity contribution is -0.137. The van der Waals surface area contributed by atoms with Crippen LogP contribution in [0.5, 0.6) is 0 Å². The largest absolute Gasteiger partial charge is 0.481 e. The van der Waals surface area contributed by atoms with Crippen molar-refractivity contribution < 1.29 is 14.3 Å². The highest BCUT2D eigenvalue weighted by Gasteiger charge is 2.07. The molecule has 4 nitrogen and oxygen atoms in total. The molecule has 1 aromatic heterocycles. The van der Waals surface area contributed by atoms with E-state index < -0.39 is 5.97 Å². The molecule has 0 radical (unpaired) electrons. The Morgan fingerprint density at radius 3 is 2.93 bits per heavy atom. The summed E-state index contributed by atoms with van der Waals surface area (Å²) in [4.78, 5) is 12.3. The Balaban J connectivity index is 2.27. The number of carbonyl (C=O) groups is 1. The van der Waals surface area contributed by atoms with Crippen LogP contribution in [0.25, 0.3) is 0 Å². The van der Waals surface area contributed by atoms with E-state index in [1.54, 1.807) is 6.26 Å². The van der Waals surface area contributed by atoms with E-state index in [4.69, 9.17) is 9.52 Å². The molecule has 0 saturated carbocycles. The zero-order valence-corrected chi connectivity index (χ0v) is 10.2. The molecule has 0 spiro atoms. The number of halogens is 1. The normalized spacial score (nSPS) is 10.9. The van der Waals surface area contributed by atoms with Crippen LogP contribution < -0.4 is 0 Å². The number of carboxylic acids is 1. The number of furan rings is 1. The molecule has 0 saturated heterocycles. The van der Waals surface area contributed by atoms with Gasteiger partial charge in [-0.3, -0.25) is 9.69 Å². The van der Waals surface area contributed by atoms with Crippen molar-refractivity contribution >= 4 is 21.9 Å². The van der Waals surface area contributed by atoms with Gasteiger partial charge < -0.3 is 9.52 Å². The van der Waals surface area contributed by atoms with E-state index in [1.165, 1.54) is 0 Å². The van der Waals surface area contributed by atoms with E-state index in [1.807, 2.05) is 18.0 Å². The lowest BCUT2D eigenvalue weighted by atomic mass is 10.3. The fourth-order valence-electron chi connectivity index (χ4n) is 1.26. The second-order valence-electron chi connectivity index (χ2n) is 3.43. The maximum absolute atomic E-state index is 10.3. The Hall–Kier alpha value is -0.810. The molecular weight excluding hydrogens is 262 g/mol. The monoisotopic (exact) mass is 275 g/mol. The van der Waals surface area contributed by atoms with Crippen LogP contribution in [0.4, 0.5) is 0 Å². The minimum atomic E-state index is -0.748. The summed E-state index contributed by atoms with van der Waals surface area (Å²) in [6.07, 6.45) is 2.50. The third-order valence-corrected chi connectivity index (χ3v) is 2.74. The zero-order chi connectivity index (χ0) is 11.3. The average molecular weight is 276 g/mol. The first-order valence-corrected chi connectivity index (χ1v) is 5.51. The molecule has 0 atom stereocenters. The molecule has 0 unspecified atom stereocenters. The summed E-state index contributed by atoms with van der Waals surface area (Å²) in [5.41, 5.74) is 0. The van der Waals surface area contributed by atoms with E-state index >= 15 is 0 Å². The van der Waals surface area contributed by atoms with Crippen LogP contribution in [-0.4, -0.2) is 29.6 Å². The maximum atomic E-state index is 10.3. The lowest BCUT2D eigenvalue weighted by Crippen LogP contribution is -2.19. The third-order valence-electron chi connectivity index (χ3n) is 2.04. The van der Waals surface area contributed by atoms with Gasteiger partial charge in [-0.05, 0) is 42.0 Å². The number of hydrogen-bond acceptors (Lipinski definition) is 3. The minimum absolute atomic E-state index is 0.212. The highest BCUT2D eigenvalue weighted by atomic mass is 79.9. The maximum Gasteiger partial charge on any atom is 0.303 e. The average Bonchev–Trinajstić information content (AvgIpc) is 2.51. The predicted molar refractivity (Wildman–Crippen MR) is 59.6 cm³/mol. The van der Waals surface area contributed by atoms with Crippen molar-refractivity contribution in [2.24, 2.45) is 0 Å². The van der Waals surface area contributed by atoms with Gasteiger partial charge in [0, 0.05) is 6.42 Å². The van der Waals surface area contributed by atoms with E-state index in [0.29, 0.717) is 13.0 Å². The van der Waals surface area contributed by atoms with Crippen LogP contribution in [0.15, 0.2) is 21.2 Å². The van der Waals surface area contributed by atoms with Crippen LogP contribution in [0.1, 0.15) is 18.6 Å². The van der Waals surface area contributed by atoms with Crippen LogP contribution in [0.2, 0.25) is 0 Å². The summed E-state index contributed by atoms with van der Waals surface area (Å²) in [5.74, 6) is 0.121. The molecule has 5 heteroatoms. The molecule has 0 aliphatic heterocycles. The quantitative estimate of drug-likeness (QED) is 0.866. The third kappa shape index (κ3) is 4.48. The first-order chi connectivity index (χ1) is 7.09. The summed E-state index contributed by atoms with van der Waals surface area (Å²) in [7, 11) is 1.94. The number of rotatable bonds is 6. The summed E-state index contributed by atoms with van der Waals surface area (Å²) in [6, 6.07) is 1.85. The van der Waals surface area contributed by atoms with Crippen molar-refractivity contribution in [1.29, 1.82) is 0 Å². The van der Waals surface area contributed by atoms with E-state index in [9.17, 15) is 4.79 Å². The number of carboxylic acid groups (broad SMARTS) is 1. The summed E-state index contributed by atoms with van der Waals surface area (Å²) in [6.45, 7) is 1.44. The molecular formula is C10H14BrNO3. The molecule has 0 fully saturated rings. The van der Waals surface area contributed by atoms with Crippen LogP contribution in [0, 0.1) is 0 Å². The van der Waals surface area contributed by atoms with E-state index in [2.05, 4.69) is 15.9 Å². The molecule has 0 bridgehead atoms. The smallest absolute Gasteiger partial charge is 0.303 e. The fourth-order valence-corrected chi connectivity index (χ4v) is 1.59. The SMILES string of the molecule is CN(CCCC(=O)O)Cc1occc1Br. The van der Waals surface area contributed by atoms with Gasteiger partial charge in [-0.2, -0.15) is 0 Å². The first kappa shape index (κ1) is 12.3. The Bertz CT molecular complexity index is 324. The Morgan fingerprint density at radius 2 is 2.40 bits per heavy atom. The summed E-state index contributed by atoms with van der Waals surface area (Å²) < 4.78 is 6.21. The second kappa shape index (κ2) is 5.92. The molecule has 0 aliphatic carbocycles. The highest BCUT2D eigenvalue weighted by Crippen LogP contribution is 2.18.